The summed E-state index contributed by atoms with van der Waals surface area (Å²) >= 11 is 0. The second-order valence-corrected chi connectivity index (χ2v) is 6.04. The average molecular weight is 319 g/mol. The SMILES string of the molecule is Cc1ccc(CC(=O)N(C)Cc2cnn(-c3ccccc3)c2)cc1. The lowest BCUT2D eigenvalue weighted by Crippen LogP contribution is -2.27. The highest BCUT2D eigenvalue weighted by molar-refractivity contribution is 5.78. The van der Waals surface area contributed by atoms with Crippen LogP contribution in [0.2, 0.25) is 0 Å². The Morgan fingerprint density at radius 2 is 1.75 bits per heavy atom. The Balaban J connectivity index is 1.62. The molecule has 122 valence electrons. The van der Waals surface area contributed by atoms with Crippen LogP contribution in [0.1, 0.15) is 16.7 Å². The number of aryl methyl sites for hydroxylation is 1. The molecule has 0 saturated carbocycles. The van der Waals surface area contributed by atoms with Crippen LogP contribution in [0.3, 0.4) is 0 Å². The van der Waals surface area contributed by atoms with Gasteiger partial charge in [-0.2, -0.15) is 5.10 Å². The standard InChI is InChI=1S/C20H21N3O/c1-16-8-10-17(11-9-16)12-20(24)22(2)14-18-13-21-23(15-18)19-6-4-3-5-7-19/h3-11,13,15H,12,14H2,1-2H3. The summed E-state index contributed by atoms with van der Waals surface area (Å²) in [6, 6.07) is 18.0. The summed E-state index contributed by atoms with van der Waals surface area (Å²) in [4.78, 5) is 14.1. The van der Waals surface area contributed by atoms with E-state index in [1.165, 1.54) is 5.56 Å². The van der Waals surface area contributed by atoms with Crippen molar-refractivity contribution in [3.8, 4) is 5.69 Å². The highest BCUT2D eigenvalue weighted by atomic mass is 16.2. The molecule has 0 aliphatic heterocycles. The van der Waals surface area contributed by atoms with Crippen molar-refractivity contribution in [1.29, 1.82) is 0 Å². The fourth-order valence-corrected chi connectivity index (χ4v) is 2.54. The zero-order chi connectivity index (χ0) is 16.9. The number of benzene rings is 2. The zero-order valence-electron chi connectivity index (χ0n) is 14.0. The molecule has 0 bridgehead atoms. The summed E-state index contributed by atoms with van der Waals surface area (Å²) in [5.41, 5.74) is 4.27. The van der Waals surface area contributed by atoms with Gasteiger partial charge < -0.3 is 4.90 Å². The van der Waals surface area contributed by atoms with E-state index in [0.29, 0.717) is 13.0 Å². The smallest absolute Gasteiger partial charge is 0.227 e. The number of hydrogen-bond donors (Lipinski definition) is 0. The van der Waals surface area contributed by atoms with E-state index in [2.05, 4.69) is 5.10 Å². The largest absolute Gasteiger partial charge is 0.341 e. The molecule has 1 amide bonds. The summed E-state index contributed by atoms with van der Waals surface area (Å²) in [5, 5.41) is 4.37. The second kappa shape index (κ2) is 7.13. The van der Waals surface area contributed by atoms with Crippen molar-refractivity contribution in [3.63, 3.8) is 0 Å². The maximum atomic E-state index is 12.4. The Morgan fingerprint density at radius 3 is 2.46 bits per heavy atom. The summed E-state index contributed by atoms with van der Waals surface area (Å²) in [6.07, 6.45) is 4.19. The zero-order valence-corrected chi connectivity index (χ0v) is 14.0. The molecule has 0 N–H and O–H groups in total. The molecule has 3 aromatic rings. The van der Waals surface area contributed by atoms with Gasteiger partial charge in [0, 0.05) is 25.4 Å². The number of aromatic nitrogens is 2. The molecule has 0 spiro atoms. The first-order chi connectivity index (χ1) is 11.6. The van der Waals surface area contributed by atoms with Gasteiger partial charge in [0.25, 0.3) is 0 Å². The van der Waals surface area contributed by atoms with Gasteiger partial charge in [0.1, 0.15) is 0 Å². The number of para-hydroxylation sites is 1. The van der Waals surface area contributed by atoms with Gasteiger partial charge in [-0.3, -0.25) is 4.79 Å². The van der Waals surface area contributed by atoms with Crippen LogP contribution in [0.15, 0.2) is 67.0 Å². The van der Waals surface area contributed by atoms with Crippen molar-refractivity contribution in [3.05, 3.63) is 83.7 Å². The van der Waals surface area contributed by atoms with Gasteiger partial charge in [-0.15, -0.1) is 0 Å². The summed E-state index contributed by atoms with van der Waals surface area (Å²) in [6.45, 7) is 2.60. The lowest BCUT2D eigenvalue weighted by molar-refractivity contribution is -0.129. The molecule has 1 aromatic heterocycles. The van der Waals surface area contributed by atoms with Crippen LogP contribution in [-0.4, -0.2) is 27.6 Å². The molecule has 0 fully saturated rings. The van der Waals surface area contributed by atoms with Crippen molar-refractivity contribution in [2.75, 3.05) is 7.05 Å². The molecule has 0 aliphatic rings. The number of rotatable bonds is 5. The third-order valence-electron chi connectivity index (χ3n) is 3.98. The topological polar surface area (TPSA) is 38.1 Å². The quantitative estimate of drug-likeness (QED) is 0.723. The molecule has 0 unspecified atom stereocenters. The van der Waals surface area contributed by atoms with Gasteiger partial charge in [-0.1, -0.05) is 48.0 Å². The van der Waals surface area contributed by atoms with Crippen LogP contribution >= 0.6 is 0 Å². The first kappa shape index (κ1) is 16.0. The fraction of sp³-hybridized carbons (Fsp3) is 0.200. The number of carbonyl (C=O) groups is 1. The lowest BCUT2D eigenvalue weighted by atomic mass is 10.1. The van der Waals surface area contributed by atoms with Crippen LogP contribution in [0.4, 0.5) is 0 Å². The molecule has 2 aromatic carbocycles. The molecule has 24 heavy (non-hydrogen) atoms. The first-order valence-electron chi connectivity index (χ1n) is 8.00. The number of hydrogen-bond acceptors (Lipinski definition) is 2. The Hall–Kier alpha value is -2.88. The Morgan fingerprint density at radius 1 is 1.04 bits per heavy atom. The number of carbonyl (C=O) groups excluding carboxylic acids is 1. The maximum Gasteiger partial charge on any atom is 0.227 e. The van der Waals surface area contributed by atoms with E-state index in [4.69, 9.17) is 0 Å². The van der Waals surface area contributed by atoms with E-state index in [0.717, 1.165) is 16.8 Å². The molecule has 4 nitrogen and oxygen atoms in total. The summed E-state index contributed by atoms with van der Waals surface area (Å²) < 4.78 is 1.83. The maximum absolute atomic E-state index is 12.4. The Bertz CT molecular complexity index is 806. The van der Waals surface area contributed by atoms with Gasteiger partial charge in [-0.05, 0) is 24.6 Å². The highest BCUT2D eigenvalue weighted by Crippen LogP contribution is 2.11. The molecule has 0 aliphatic carbocycles. The third-order valence-corrected chi connectivity index (χ3v) is 3.98. The molecule has 1 heterocycles. The minimum Gasteiger partial charge on any atom is -0.341 e. The van der Waals surface area contributed by atoms with Gasteiger partial charge in [0.15, 0.2) is 0 Å². The molecule has 0 saturated heterocycles. The minimum atomic E-state index is 0.103. The molecule has 0 radical (unpaired) electrons. The van der Waals surface area contributed by atoms with E-state index < -0.39 is 0 Å². The molecular formula is C20H21N3O. The predicted molar refractivity (Wildman–Crippen MR) is 94.9 cm³/mol. The number of nitrogens with zero attached hydrogens (tertiary/aromatic N) is 3. The van der Waals surface area contributed by atoms with Crippen LogP contribution in [-0.2, 0) is 17.8 Å². The van der Waals surface area contributed by atoms with Crippen molar-refractivity contribution in [2.45, 2.75) is 19.9 Å². The summed E-state index contributed by atoms with van der Waals surface area (Å²) in [5.74, 6) is 0.103. The van der Waals surface area contributed by atoms with Crippen LogP contribution in [0.5, 0.6) is 0 Å². The fourth-order valence-electron chi connectivity index (χ4n) is 2.54. The monoisotopic (exact) mass is 319 g/mol. The van der Waals surface area contributed by atoms with Gasteiger partial charge in [-0.25, -0.2) is 4.68 Å². The third kappa shape index (κ3) is 3.90. The molecular weight excluding hydrogens is 298 g/mol. The Kier molecular flexibility index (Phi) is 4.75. The van der Waals surface area contributed by atoms with Crippen molar-refractivity contribution >= 4 is 5.91 Å². The second-order valence-electron chi connectivity index (χ2n) is 6.04. The number of likely N-dealkylation sites (N-methyl/N-ethyl adjacent to an activating group) is 1. The average Bonchev–Trinajstić information content (AvgIpc) is 3.06. The lowest BCUT2D eigenvalue weighted by Gasteiger charge is -2.16. The molecule has 3 rings (SSSR count). The molecule has 0 atom stereocenters. The molecule has 4 heteroatoms. The van der Waals surface area contributed by atoms with E-state index in [1.807, 2.05) is 85.6 Å². The van der Waals surface area contributed by atoms with Crippen LogP contribution in [0.25, 0.3) is 5.69 Å². The van der Waals surface area contributed by atoms with Crippen molar-refractivity contribution < 1.29 is 4.79 Å². The van der Waals surface area contributed by atoms with E-state index >= 15 is 0 Å². The van der Waals surface area contributed by atoms with E-state index in [-0.39, 0.29) is 5.91 Å². The van der Waals surface area contributed by atoms with E-state index in [1.54, 1.807) is 4.90 Å². The normalized spacial score (nSPS) is 10.6. The van der Waals surface area contributed by atoms with Crippen LogP contribution in [0, 0.1) is 6.92 Å². The van der Waals surface area contributed by atoms with E-state index in [9.17, 15) is 4.79 Å². The Labute approximate surface area is 142 Å². The minimum absolute atomic E-state index is 0.103. The first-order valence-corrected chi connectivity index (χ1v) is 8.00. The number of amides is 1. The predicted octanol–water partition coefficient (Wildman–Crippen LogP) is 3.38. The van der Waals surface area contributed by atoms with Gasteiger partial charge in [0.2, 0.25) is 5.91 Å². The van der Waals surface area contributed by atoms with Crippen LogP contribution < -0.4 is 0 Å². The van der Waals surface area contributed by atoms with Crippen molar-refractivity contribution in [1.82, 2.24) is 14.7 Å². The van der Waals surface area contributed by atoms with Gasteiger partial charge in [0.05, 0.1) is 18.3 Å². The van der Waals surface area contributed by atoms with Gasteiger partial charge >= 0.3 is 0 Å². The summed E-state index contributed by atoms with van der Waals surface area (Å²) in [7, 11) is 1.83. The highest BCUT2D eigenvalue weighted by Gasteiger charge is 2.11. The van der Waals surface area contributed by atoms with Crippen molar-refractivity contribution in [2.24, 2.45) is 0 Å².